The summed E-state index contributed by atoms with van der Waals surface area (Å²) in [6.45, 7) is 25.8. The molecule has 7 heterocycles. The van der Waals surface area contributed by atoms with Crippen LogP contribution in [-0.2, 0) is 118 Å². The average Bonchev–Trinajstić information content (AvgIpc) is 0.816. The quantitative estimate of drug-likeness (QED) is 0.0442. The van der Waals surface area contributed by atoms with E-state index in [1.807, 2.05) is 62.3 Å². The van der Waals surface area contributed by atoms with E-state index in [4.69, 9.17) is 58.8 Å². The van der Waals surface area contributed by atoms with E-state index >= 15 is 0 Å². The lowest BCUT2D eigenvalue weighted by Crippen LogP contribution is -2.55. The van der Waals surface area contributed by atoms with Gasteiger partial charge in [-0.2, -0.15) is 0 Å². The number of hydrogen-bond donors (Lipinski definition) is 0. The first-order valence-electron chi connectivity index (χ1n) is 34.4. The van der Waals surface area contributed by atoms with Crippen LogP contribution in [0.4, 0.5) is 0 Å². The SMILES string of the molecule is CCO[Si](CCCCn1c(=O)n(CC2CO2)c(=O)n(CC2CO2)c1=O)(OCC)OCC.CCO[Si](CCCCn1c(=O)n(CCC2CC2)c(=O)n(CCC2CO2)c1=O)(OCC)OCC.CCO[Si](CCCn1c(=O)n(CC2CC2)c(=O)n(CC2CO2)c1=O)(OCC)OCC. The second kappa shape index (κ2) is 37.4. The minimum absolute atomic E-state index is 0.102. The predicted octanol–water partition coefficient (Wildman–Crippen LogP) is 1.81. The van der Waals surface area contributed by atoms with Crippen LogP contribution in [0.25, 0.3) is 0 Å². The smallest absolute Gasteiger partial charge is 0.374 e. The second-order valence-electron chi connectivity index (χ2n) is 24.0. The van der Waals surface area contributed by atoms with Crippen molar-refractivity contribution in [3.63, 3.8) is 0 Å². The van der Waals surface area contributed by atoms with Crippen molar-refractivity contribution in [2.45, 2.75) is 234 Å². The third-order valence-electron chi connectivity index (χ3n) is 16.6. The molecule has 6 aliphatic rings. The molecule has 94 heavy (non-hydrogen) atoms. The maximum atomic E-state index is 13.1. The Labute approximate surface area is 550 Å². The number of unbranched alkanes of at least 4 members (excludes halogenated alkanes) is 2. The largest absolute Gasteiger partial charge is 0.500 e. The van der Waals surface area contributed by atoms with Crippen molar-refractivity contribution >= 4 is 26.4 Å². The van der Waals surface area contributed by atoms with Crippen LogP contribution in [0.3, 0.4) is 0 Å². The van der Waals surface area contributed by atoms with Crippen molar-refractivity contribution in [3.05, 3.63) is 94.4 Å². The summed E-state index contributed by atoms with van der Waals surface area (Å²) in [7, 11) is -8.41. The molecule has 0 amide bonds. The molecule has 4 saturated heterocycles. The third-order valence-corrected chi connectivity index (χ3v) is 26.0. The first kappa shape index (κ1) is 76.7. The molecule has 2 saturated carbocycles. The molecule has 4 aliphatic heterocycles. The Morgan fingerprint density at radius 1 is 0.287 bits per heavy atom. The van der Waals surface area contributed by atoms with Crippen LogP contribution in [0, 0.1) is 11.8 Å². The summed E-state index contributed by atoms with van der Waals surface area (Å²) in [6, 6.07) is 1.70. The van der Waals surface area contributed by atoms with Crippen LogP contribution >= 0.6 is 0 Å². The molecule has 2 aliphatic carbocycles. The fraction of sp³-hybridized carbons (Fsp3) is 0.850. The van der Waals surface area contributed by atoms with Gasteiger partial charge in [-0.15, -0.1) is 0 Å². The number of hydrogen-bond acceptors (Lipinski definition) is 22. The van der Waals surface area contributed by atoms with Crippen LogP contribution in [0.15, 0.2) is 43.2 Å². The molecule has 9 rings (SSSR count). The predicted molar refractivity (Wildman–Crippen MR) is 351 cm³/mol. The van der Waals surface area contributed by atoms with Crippen LogP contribution in [0.2, 0.25) is 18.1 Å². The number of aromatic nitrogens is 9. The number of epoxide rings is 4. The standard InChI is InChI=1S/C22H39N3O7Si.C19H33N3O8Si.C19H33N3O7Si/c1-4-30-33(31-5-2,32-6-3)16-8-7-13-23-20(26)24(14-11-18-9-10-18)22(28)25(21(23)27)15-12-19-17-29-19;1-4-28-31(29-5-2,30-6-3)10-8-7-9-20-17(23)21(11-15-13-26-15)19(25)22(18(20)24)12-16-14-27-16;1-4-27-30(28-5-2,29-6-3)11-7-10-20-17(23)21(12-15-8-9-15)19(25)22(18(20)24)13-16-14-26-16/h18-19H,4-17H2,1-3H3;15-16H,4-14H2,1-3H3;15-16H,4-14H2,1-3H3. The Hall–Kier alpha value is -4.64. The zero-order valence-corrected chi connectivity index (χ0v) is 59.9. The molecular formula is C60H105N9O22Si3. The van der Waals surface area contributed by atoms with E-state index in [9.17, 15) is 43.2 Å². The number of rotatable bonds is 46. The van der Waals surface area contributed by atoms with Crippen molar-refractivity contribution in [1.82, 2.24) is 41.1 Å². The molecule has 0 spiro atoms. The lowest BCUT2D eigenvalue weighted by Gasteiger charge is -2.28. The summed E-state index contributed by atoms with van der Waals surface area (Å²) in [5, 5.41) is 0. The Balaban J connectivity index is 0.000000200. The zero-order valence-electron chi connectivity index (χ0n) is 56.9. The fourth-order valence-corrected chi connectivity index (χ4v) is 19.2. The van der Waals surface area contributed by atoms with E-state index in [1.165, 1.54) is 18.3 Å². The van der Waals surface area contributed by atoms with Crippen LogP contribution in [0.1, 0.15) is 133 Å². The van der Waals surface area contributed by atoms with Gasteiger partial charge in [0, 0.05) is 117 Å². The van der Waals surface area contributed by atoms with E-state index in [2.05, 4.69) is 0 Å². The summed E-state index contributed by atoms with van der Waals surface area (Å²) in [4.78, 5) is 116. The van der Waals surface area contributed by atoms with Gasteiger partial charge < -0.3 is 58.8 Å². The van der Waals surface area contributed by atoms with Gasteiger partial charge in [0.05, 0.1) is 70.5 Å². The molecule has 4 atom stereocenters. The van der Waals surface area contributed by atoms with Crippen molar-refractivity contribution in [2.75, 3.05) is 85.9 Å². The van der Waals surface area contributed by atoms with Gasteiger partial charge in [-0.05, 0) is 132 Å². The molecule has 0 radical (unpaired) electrons. The zero-order chi connectivity index (χ0) is 68.0. The molecule has 0 bridgehead atoms. The Morgan fingerprint density at radius 2 is 0.521 bits per heavy atom. The van der Waals surface area contributed by atoms with Gasteiger partial charge in [-0.25, -0.2) is 84.3 Å². The van der Waals surface area contributed by atoms with E-state index in [0.29, 0.717) is 167 Å². The maximum absolute atomic E-state index is 13.1. The molecule has 4 unspecified atom stereocenters. The first-order chi connectivity index (χ1) is 45.3. The number of nitrogens with zero attached hydrogens (tertiary/aromatic N) is 9. The van der Waals surface area contributed by atoms with Crippen LogP contribution in [-0.4, -0.2) is 178 Å². The van der Waals surface area contributed by atoms with Gasteiger partial charge >= 0.3 is 77.6 Å². The molecular weight excluding hydrogens is 1280 g/mol. The highest BCUT2D eigenvalue weighted by Crippen LogP contribution is 2.32. The fourth-order valence-electron chi connectivity index (χ4n) is 11.2. The normalized spacial score (nSPS) is 19.0. The first-order valence-corrected chi connectivity index (χ1v) is 40.2. The van der Waals surface area contributed by atoms with Gasteiger partial charge in [0.15, 0.2) is 0 Å². The molecule has 34 heteroatoms. The molecule has 6 fully saturated rings. The van der Waals surface area contributed by atoms with E-state index < -0.39 is 77.6 Å². The van der Waals surface area contributed by atoms with E-state index in [0.717, 1.165) is 54.9 Å². The van der Waals surface area contributed by atoms with Gasteiger partial charge in [0.2, 0.25) is 0 Å². The summed E-state index contributed by atoms with van der Waals surface area (Å²) in [5.74, 6) is 0.916. The maximum Gasteiger partial charge on any atom is 0.500 e. The average molecular weight is 1390 g/mol. The summed E-state index contributed by atoms with van der Waals surface area (Å²) in [5.41, 5.74) is -4.99. The molecule has 31 nitrogen and oxygen atoms in total. The number of ether oxygens (including phenoxy) is 4. The van der Waals surface area contributed by atoms with Gasteiger partial charge in [0.1, 0.15) is 0 Å². The van der Waals surface area contributed by atoms with Crippen LogP contribution < -0.4 is 51.2 Å². The molecule has 3 aromatic heterocycles. The monoisotopic (exact) mass is 1390 g/mol. The Morgan fingerprint density at radius 3 is 0.798 bits per heavy atom. The molecule has 3 aromatic rings. The van der Waals surface area contributed by atoms with Crippen LogP contribution in [0.5, 0.6) is 0 Å². The van der Waals surface area contributed by atoms with Gasteiger partial charge in [-0.1, -0.05) is 12.8 Å². The minimum atomic E-state index is -2.87. The molecule has 0 N–H and O–H groups in total. The Kier molecular flexibility index (Phi) is 30.5. The van der Waals surface area contributed by atoms with E-state index in [1.54, 1.807) is 0 Å². The highest BCUT2D eigenvalue weighted by molar-refractivity contribution is 6.61. The van der Waals surface area contributed by atoms with Crippen molar-refractivity contribution in [1.29, 1.82) is 0 Å². The lowest BCUT2D eigenvalue weighted by atomic mass is 10.3. The lowest BCUT2D eigenvalue weighted by molar-refractivity contribution is 0.0697. The van der Waals surface area contributed by atoms with Gasteiger partial charge in [0.25, 0.3) is 0 Å². The third kappa shape index (κ3) is 22.4. The van der Waals surface area contributed by atoms with Gasteiger partial charge in [-0.3, -0.25) is 0 Å². The highest BCUT2D eigenvalue weighted by Gasteiger charge is 2.42. The van der Waals surface area contributed by atoms with E-state index in [-0.39, 0.29) is 70.2 Å². The summed E-state index contributed by atoms with van der Waals surface area (Å²) in [6.07, 6.45) is 8.31. The molecule has 0 aromatic carbocycles. The van der Waals surface area contributed by atoms with Crippen molar-refractivity contribution in [2.24, 2.45) is 11.8 Å². The molecule has 534 valence electrons. The van der Waals surface area contributed by atoms with Crippen molar-refractivity contribution < 1.29 is 58.8 Å². The summed E-state index contributed by atoms with van der Waals surface area (Å²) >= 11 is 0. The second-order valence-corrected chi connectivity index (χ2v) is 32.2. The topological polar surface area (TPSA) is 331 Å². The minimum Gasteiger partial charge on any atom is -0.374 e. The highest BCUT2D eigenvalue weighted by atomic mass is 28.4. The Bertz CT molecular complexity index is 3220. The summed E-state index contributed by atoms with van der Waals surface area (Å²) < 4.78 is 84.0. The van der Waals surface area contributed by atoms with Crippen molar-refractivity contribution in [3.8, 4) is 0 Å².